The second-order valence-corrected chi connectivity index (χ2v) is 5.41. The molecule has 0 spiro atoms. The lowest BCUT2D eigenvalue weighted by Crippen LogP contribution is -2.06. The molecule has 2 aromatic carbocycles. The largest absolute Gasteiger partial charge is 0.496 e. The van der Waals surface area contributed by atoms with Gasteiger partial charge in [0.25, 0.3) is 5.69 Å². The number of methoxy groups -OCH3 is 1. The molecule has 7 nitrogen and oxygen atoms in total. The van der Waals surface area contributed by atoms with Crippen LogP contribution < -0.4 is 4.74 Å². The zero-order valence-corrected chi connectivity index (χ0v) is 13.7. The second-order valence-electron chi connectivity index (χ2n) is 5.00. The van der Waals surface area contributed by atoms with Crippen LogP contribution in [0.1, 0.15) is 11.1 Å². The third-order valence-corrected chi connectivity index (χ3v) is 3.76. The van der Waals surface area contributed by atoms with Gasteiger partial charge in [0.1, 0.15) is 10.8 Å². The van der Waals surface area contributed by atoms with Crippen LogP contribution >= 0.6 is 11.6 Å². The quantitative estimate of drug-likeness (QED) is 0.360. The lowest BCUT2D eigenvalue weighted by molar-refractivity contribution is -0.384. The number of aliphatic imine (C=N–C) groups is 1. The highest BCUT2D eigenvalue weighted by atomic mass is 35.5. The number of hydrogen-bond acceptors (Lipinski definition) is 6. The summed E-state index contributed by atoms with van der Waals surface area (Å²) in [7, 11) is 1.52. The monoisotopic (exact) mass is 358 g/mol. The van der Waals surface area contributed by atoms with Crippen LogP contribution in [0.5, 0.6) is 5.75 Å². The molecule has 0 unspecified atom stereocenters. The molecular weight excluding hydrogens is 348 g/mol. The SMILES string of the molecule is COc1ccccc1/C=C1/N=C(c2ccc(Cl)c([N+](=O)[O-])c2)OC1=O. The molecule has 25 heavy (non-hydrogen) atoms. The van der Waals surface area contributed by atoms with E-state index in [1.807, 2.05) is 0 Å². The van der Waals surface area contributed by atoms with Gasteiger partial charge in [-0.15, -0.1) is 0 Å². The Hall–Kier alpha value is -3.19. The van der Waals surface area contributed by atoms with Gasteiger partial charge in [0.2, 0.25) is 5.90 Å². The minimum absolute atomic E-state index is 0.0107. The van der Waals surface area contributed by atoms with Crippen LogP contribution in [-0.4, -0.2) is 23.9 Å². The van der Waals surface area contributed by atoms with E-state index in [1.165, 1.54) is 31.4 Å². The van der Waals surface area contributed by atoms with Crippen molar-refractivity contribution < 1.29 is 19.2 Å². The standard InChI is InChI=1S/C17H11ClN2O5/c1-24-15-5-3-2-4-10(15)8-13-17(21)25-16(19-13)11-6-7-12(18)14(9-11)20(22)23/h2-9H,1H3/b13-8+. The van der Waals surface area contributed by atoms with E-state index in [2.05, 4.69) is 4.99 Å². The van der Waals surface area contributed by atoms with Crippen molar-refractivity contribution in [2.75, 3.05) is 7.11 Å². The molecule has 1 aliphatic heterocycles. The van der Waals surface area contributed by atoms with E-state index in [0.29, 0.717) is 11.3 Å². The summed E-state index contributed by atoms with van der Waals surface area (Å²) >= 11 is 5.78. The van der Waals surface area contributed by atoms with Crippen LogP contribution in [0, 0.1) is 10.1 Å². The number of carbonyl (C=O) groups is 1. The topological polar surface area (TPSA) is 91.0 Å². The predicted molar refractivity (Wildman–Crippen MR) is 91.7 cm³/mol. The van der Waals surface area contributed by atoms with Gasteiger partial charge in [0.15, 0.2) is 5.70 Å². The first-order valence-corrected chi connectivity index (χ1v) is 7.47. The number of nitro benzene ring substituents is 1. The maximum atomic E-state index is 12.0. The first kappa shape index (κ1) is 16.7. The summed E-state index contributed by atoms with van der Waals surface area (Å²) in [6, 6.07) is 11.2. The van der Waals surface area contributed by atoms with E-state index in [-0.39, 0.29) is 27.9 Å². The third-order valence-electron chi connectivity index (χ3n) is 3.44. The van der Waals surface area contributed by atoms with Gasteiger partial charge in [-0.1, -0.05) is 29.8 Å². The number of para-hydroxylation sites is 1. The molecule has 0 N–H and O–H groups in total. The van der Waals surface area contributed by atoms with E-state index >= 15 is 0 Å². The molecule has 0 aromatic heterocycles. The first-order chi connectivity index (χ1) is 12.0. The van der Waals surface area contributed by atoms with Crippen molar-refractivity contribution in [1.82, 2.24) is 0 Å². The third kappa shape index (κ3) is 3.36. The van der Waals surface area contributed by atoms with Crippen LogP contribution in [0.3, 0.4) is 0 Å². The molecule has 0 bridgehead atoms. The highest BCUT2D eigenvalue weighted by Gasteiger charge is 2.26. The number of nitro groups is 1. The zero-order valence-electron chi connectivity index (χ0n) is 12.9. The second kappa shape index (κ2) is 6.74. The number of carbonyl (C=O) groups excluding carboxylic acids is 1. The maximum absolute atomic E-state index is 12.0. The van der Waals surface area contributed by atoms with Crippen molar-refractivity contribution in [3.63, 3.8) is 0 Å². The smallest absolute Gasteiger partial charge is 0.363 e. The van der Waals surface area contributed by atoms with E-state index in [1.54, 1.807) is 24.3 Å². The molecular formula is C17H11ClN2O5. The van der Waals surface area contributed by atoms with E-state index in [9.17, 15) is 14.9 Å². The molecule has 0 radical (unpaired) electrons. The predicted octanol–water partition coefficient (Wildman–Crippen LogP) is 3.60. The van der Waals surface area contributed by atoms with E-state index < -0.39 is 10.9 Å². The lowest BCUT2D eigenvalue weighted by atomic mass is 10.1. The van der Waals surface area contributed by atoms with Crippen molar-refractivity contribution in [1.29, 1.82) is 0 Å². The van der Waals surface area contributed by atoms with Crippen LogP contribution in [0.25, 0.3) is 6.08 Å². The Balaban J connectivity index is 1.99. The summed E-state index contributed by atoms with van der Waals surface area (Å²) in [5, 5.41) is 11.0. The molecule has 0 saturated heterocycles. The van der Waals surface area contributed by atoms with Crippen LogP contribution in [0.4, 0.5) is 5.69 Å². The number of esters is 1. The van der Waals surface area contributed by atoms with Crippen molar-refractivity contribution in [3.8, 4) is 5.75 Å². The molecule has 1 heterocycles. The van der Waals surface area contributed by atoms with Gasteiger partial charge >= 0.3 is 5.97 Å². The first-order valence-electron chi connectivity index (χ1n) is 7.09. The molecule has 8 heteroatoms. The zero-order chi connectivity index (χ0) is 18.0. The van der Waals surface area contributed by atoms with Crippen LogP contribution in [0.15, 0.2) is 53.2 Å². The summed E-state index contributed by atoms with van der Waals surface area (Å²) in [5.41, 5.74) is 0.717. The molecule has 0 fully saturated rings. The normalized spacial score (nSPS) is 15.0. The molecule has 0 amide bonds. The molecule has 126 valence electrons. The molecule has 0 aliphatic carbocycles. The summed E-state index contributed by atoms with van der Waals surface area (Å²) in [6.45, 7) is 0. The molecule has 3 rings (SSSR count). The minimum Gasteiger partial charge on any atom is -0.496 e. The van der Waals surface area contributed by atoms with Crippen molar-refractivity contribution >= 4 is 35.2 Å². The average molecular weight is 359 g/mol. The Kier molecular flexibility index (Phi) is 4.49. The van der Waals surface area contributed by atoms with Gasteiger partial charge in [-0.25, -0.2) is 9.79 Å². The number of hydrogen-bond donors (Lipinski definition) is 0. The number of cyclic esters (lactones) is 1. The Bertz CT molecular complexity index is 936. The Labute approximate surface area is 147 Å². The van der Waals surface area contributed by atoms with E-state index in [4.69, 9.17) is 21.1 Å². The van der Waals surface area contributed by atoms with E-state index in [0.717, 1.165) is 0 Å². The Morgan fingerprint density at radius 2 is 2.04 bits per heavy atom. The fraction of sp³-hybridized carbons (Fsp3) is 0.0588. The number of ether oxygens (including phenoxy) is 2. The molecule has 1 aliphatic rings. The van der Waals surface area contributed by atoms with Crippen molar-refractivity contribution in [2.24, 2.45) is 4.99 Å². The molecule has 2 aromatic rings. The summed E-state index contributed by atoms with van der Waals surface area (Å²) in [4.78, 5) is 26.5. The fourth-order valence-electron chi connectivity index (χ4n) is 2.25. The Morgan fingerprint density at radius 3 is 2.76 bits per heavy atom. The number of rotatable bonds is 4. The van der Waals surface area contributed by atoms with Gasteiger partial charge in [-0.05, 0) is 24.3 Å². The maximum Gasteiger partial charge on any atom is 0.363 e. The fourth-order valence-corrected chi connectivity index (χ4v) is 2.44. The van der Waals surface area contributed by atoms with Crippen molar-refractivity contribution in [2.45, 2.75) is 0 Å². The number of nitrogens with zero attached hydrogens (tertiary/aromatic N) is 2. The average Bonchev–Trinajstić information content (AvgIpc) is 2.96. The Morgan fingerprint density at radius 1 is 1.28 bits per heavy atom. The summed E-state index contributed by atoms with van der Waals surface area (Å²) < 4.78 is 10.3. The minimum atomic E-state index is -0.654. The molecule has 0 saturated carbocycles. The highest BCUT2D eigenvalue weighted by Crippen LogP contribution is 2.28. The van der Waals surface area contributed by atoms with Gasteiger partial charge in [0, 0.05) is 17.2 Å². The van der Waals surface area contributed by atoms with Gasteiger partial charge in [0.05, 0.1) is 12.0 Å². The van der Waals surface area contributed by atoms with Gasteiger partial charge in [-0.2, -0.15) is 0 Å². The number of halogens is 1. The lowest BCUT2D eigenvalue weighted by Gasteiger charge is -2.03. The van der Waals surface area contributed by atoms with Gasteiger partial charge < -0.3 is 9.47 Å². The number of benzene rings is 2. The van der Waals surface area contributed by atoms with Crippen LogP contribution in [-0.2, 0) is 9.53 Å². The molecule has 0 atom stereocenters. The van der Waals surface area contributed by atoms with Crippen LogP contribution in [0.2, 0.25) is 5.02 Å². The van der Waals surface area contributed by atoms with Gasteiger partial charge in [-0.3, -0.25) is 10.1 Å². The highest BCUT2D eigenvalue weighted by molar-refractivity contribution is 6.32. The summed E-state index contributed by atoms with van der Waals surface area (Å²) in [6.07, 6.45) is 1.53. The van der Waals surface area contributed by atoms with Crippen molar-refractivity contribution in [3.05, 3.63) is 74.4 Å². The summed E-state index contributed by atoms with van der Waals surface area (Å²) in [5.74, 6) is -0.0991.